The average molecular weight is 397 g/mol. The molecule has 1 N–H and O–H groups in total. The van der Waals surface area contributed by atoms with Gasteiger partial charge in [-0.25, -0.2) is 4.68 Å². The van der Waals surface area contributed by atoms with E-state index < -0.39 is 0 Å². The van der Waals surface area contributed by atoms with Gasteiger partial charge in [0.25, 0.3) is 5.91 Å². The summed E-state index contributed by atoms with van der Waals surface area (Å²) in [7, 11) is 1.99. The molecule has 1 fully saturated rings. The van der Waals surface area contributed by atoms with Crippen LogP contribution >= 0.6 is 24.0 Å². The number of amides is 1. The van der Waals surface area contributed by atoms with Crippen molar-refractivity contribution in [3.63, 3.8) is 0 Å². The Morgan fingerprint density at radius 1 is 1.27 bits per heavy atom. The van der Waals surface area contributed by atoms with Crippen molar-refractivity contribution in [1.29, 1.82) is 0 Å². The standard InChI is InChI=1S/C19H25ClN4O.ClH/c1-14-18(13-22-24(14)17-5-3-16(20)4-6-17)19(25)23-11-8-15(9-12-23)7-10-21-2;/h3-6,13,15,21H,7-12H2,1-2H3;1H. The van der Waals surface area contributed by atoms with E-state index in [2.05, 4.69) is 10.4 Å². The average Bonchev–Trinajstić information content (AvgIpc) is 3.02. The lowest BCUT2D eigenvalue weighted by Gasteiger charge is -2.32. The summed E-state index contributed by atoms with van der Waals surface area (Å²) in [6.07, 6.45) is 5.03. The molecule has 1 saturated heterocycles. The second-order valence-corrected chi connectivity index (χ2v) is 7.10. The molecular weight excluding hydrogens is 371 g/mol. The van der Waals surface area contributed by atoms with E-state index in [0.29, 0.717) is 10.6 Å². The number of nitrogens with zero attached hydrogens (tertiary/aromatic N) is 3. The Bertz CT molecular complexity index is 722. The number of nitrogens with one attached hydrogen (secondary N) is 1. The van der Waals surface area contributed by atoms with Crippen molar-refractivity contribution in [2.24, 2.45) is 5.92 Å². The summed E-state index contributed by atoms with van der Waals surface area (Å²) < 4.78 is 1.79. The number of hydrogen-bond donors (Lipinski definition) is 1. The third kappa shape index (κ3) is 4.58. The van der Waals surface area contributed by atoms with Crippen LogP contribution in [0, 0.1) is 12.8 Å². The summed E-state index contributed by atoms with van der Waals surface area (Å²) in [5, 5.41) is 8.30. The maximum absolute atomic E-state index is 12.9. The second kappa shape index (κ2) is 9.40. The Kier molecular flexibility index (Phi) is 7.50. The summed E-state index contributed by atoms with van der Waals surface area (Å²) in [5.74, 6) is 0.805. The molecule has 0 aliphatic carbocycles. The monoisotopic (exact) mass is 396 g/mol. The fourth-order valence-corrected chi connectivity index (χ4v) is 3.53. The van der Waals surface area contributed by atoms with E-state index in [1.165, 1.54) is 6.42 Å². The van der Waals surface area contributed by atoms with Crippen molar-refractivity contribution >= 4 is 29.9 Å². The van der Waals surface area contributed by atoms with Gasteiger partial charge in [0.1, 0.15) is 0 Å². The number of rotatable bonds is 5. The Morgan fingerprint density at radius 3 is 2.54 bits per heavy atom. The number of aromatic nitrogens is 2. The number of carbonyl (C=O) groups excluding carboxylic acids is 1. The van der Waals surface area contributed by atoms with Crippen LogP contribution in [0.3, 0.4) is 0 Å². The summed E-state index contributed by atoms with van der Waals surface area (Å²) >= 11 is 5.95. The van der Waals surface area contributed by atoms with Gasteiger partial charge in [-0.3, -0.25) is 4.79 Å². The molecule has 0 radical (unpaired) electrons. The van der Waals surface area contributed by atoms with Gasteiger partial charge in [0, 0.05) is 18.1 Å². The van der Waals surface area contributed by atoms with E-state index in [1.807, 2.05) is 43.1 Å². The Hall–Kier alpha value is -1.56. The maximum Gasteiger partial charge on any atom is 0.257 e. The zero-order valence-electron chi connectivity index (χ0n) is 15.2. The van der Waals surface area contributed by atoms with Crippen LogP contribution in [0.15, 0.2) is 30.5 Å². The molecule has 1 aromatic carbocycles. The molecule has 2 aromatic rings. The van der Waals surface area contributed by atoms with Crippen molar-refractivity contribution in [2.75, 3.05) is 26.7 Å². The highest BCUT2D eigenvalue weighted by Crippen LogP contribution is 2.23. The van der Waals surface area contributed by atoms with Crippen molar-refractivity contribution in [3.05, 3.63) is 46.7 Å². The number of piperidine rings is 1. The molecule has 0 spiro atoms. The Balaban J connectivity index is 0.00000243. The summed E-state index contributed by atoms with van der Waals surface area (Å²) in [6, 6.07) is 7.47. The van der Waals surface area contributed by atoms with Gasteiger partial charge >= 0.3 is 0 Å². The molecule has 0 unspecified atom stereocenters. The van der Waals surface area contributed by atoms with Crippen LogP contribution in [0.1, 0.15) is 35.3 Å². The zero-order chi connectivity index (χ0) is 17.8. The van der Waals surface area contributed by atoms with Crippen LogP contribution in [0.25, 0.3) is 5.69 Å². The first-order valence-corrected chi connectivity index (χ1v) is 9.22. The molecule has 1 aromatic heterocycles. The van der Waals surface area contributed by atoms with Crippen molar-refractivity contribution in [1.82, 2.24) is 20.0 Å². The Labute approximate surface area is 166 Å². The zero-order valence-corrected chi connectivity index (χ0v) is 16.8. The van der Waals surface area contributed by atoms with Crippen LogP contribution in [0.2, 0.25) is 5.02 Å². The third-order valence-corrected chi connectivity index (χ3v) is 5.27. The summed E-state index contributed by atoms with van der Waals surface area (Å²) in [4.78, 5) is 14.8. The van der Waals surface area contributed by atoms with Crippen LogP contribution < -0.4 is 5.32 Å². The SMILES string of the molecule is CNCCC1CCN(C(=O)c2cnn(-c3ccc(Cl)cc3)c2C)CC1.Cl. The van der Waals surface area contributed by atoms with Gasteiger partial charge in [-0.15, -0.1) is 12.4 Å². The summed E-state index contributed by atoms with van der Waals surface area (Å²) in [6.45, 7) is 4.65. The third-order valence-electron chi connectivity index (χ3n) is 5.02. The molecule has 26 heavy (non-hydrogen) atoms. The number of likely N-dealkylation sites (tertiary alicyclic amines) is 1. The summed E-state index contributed by atoms with van der Waals surface area (Å²) in [5.41, 5.74) is 2.46. The van der Waals surface area contributed by atoms with E-state index in [4.69, 9.17) is 11.6 Å². The first-order valence-electron chi connectivity index (χ1n) is 8.84. The smallest absolute Gasteiger partial charge is 0.257 e. The predicted octanol–water partition coefficient (Wildman–Crippen LogP) is 3.72. The van der Waals surface area contributed by atoms with E-state index in [9.17, 15) is 4.79 Å². The molecule has 7 heteroatoms. The van der Waals surface area contributed by atoms with Crippen LogP contribution in [-0.4, -0.2) is 47.3 Å². The molecule has 0 saturated carbocycles. The molecule has 142 valence electrons. The minimum Gasteiger partial charge on any atom is -0.339 e. The first-order chi connectivity index (χ1) is 12.1. The van der Waals surface area contributed by atoms with Crippen molar-refractivity contribution in [2.45, 2.75) is 26.2 Å². The fourth-order valence-electron chi connectivity index (χ4n) is 3.41. The lowest BCUT2D eigenvalue weighted by atomic mass is 9.93. The molecule has 1 amide bonds. The largest absolute Gasteiger partial charge is 0.339 e. The lowest BCUT2D eigenvalue weighted by Crippen LogP contribution is -2.39. The molecule has 1 aliphatic heterocycles. The molecular formula is C19H26Cl2N4O. The maximum atomic E-state index is 12.9. The van der Waals surface area contributed by atoms with E-state index >= 15 is 0 Å². The van der Waals surface area contributed by atoms with E-state index in [0.717, 1.165) is 49.8 Å². The number of hydrogen-bond acceptors (Lipinski definition) is 3. The molecule has 0 bridgehead atoms. The minimum atomic E-state index is 0. The minimum absolute atomic E-state index is 0. The molecule has 1 aliphatic rings. The first kappa shape index (κ1) is 20.7. The van der Waals surface area contributed by atoms with Crippen LogP contribution in [0.4, 0.5) is 0 Å². The van der Waals surface area contributed by atoms with E-state index in [1.54, 1.807) is 10.9 Å². The van der Waals surface area contributed by atoms with E-state index in [-0.39, 0.29) is 18.3 Å². The fraction of sp³-hybridized carbons (Fsp3) is 0.474. The van der Waals surface area contributed by atoms with Gasteiger partial charge < -0.3 is 10.2 Å². The molecule has 3 rings (SSSR count). The number of benzene rings is 1. The highest BCUT2D eigenvalue weighted by molar-refractivity contribution is 6.30. The van der Waals surface area contributed by atoms with Gasteiger partial charge in [0.2, 0.25) is 0 Å². The van der Waals surface area contributed by atoms with Gasteiger partial charge in [0.05, 0.1) is 23.1 Å². The molecule has 5 nitrogen and oxygen atoms in total. The predicted molar refractivity (Wildman–Crippen MR) is 108 cm³/mol. The van der Waals surface area contributed by atoms with Crippen LogP contribution in [-0.2, 0) is 0 Å². The highest BCUT2D eigenvalue weighted by atomic mass is 35.5. The molecule has 2 heterocycles. The number of halogens is 2. The quantitative estimate of drug-likeness (QED) is 0.837. The second-order valence-electron chi connectivity index (χ2n) is 6.66. The highest BCUT2D eigenvalue weighted by Gasteiger charge is 2.25. The van der Waals surface area contributed by atoms with Gasteiger partial charge in [-0.2, -0.15) is 5.10 Å². The number of carbonyl (C=O) groups is 1. The van der Waals surface area contributed by atoms with Gasteiger partial charge in [0.15, 0.2) is 0 Å². The topological polar surface area (TPSA) is 50.2 Å². The Morgan fingerprint density at radius 2 is 1.92 bits per heavy atom. The van der Waals surface area contributed by atoms with Gasteiger partial charge in [-0.05, 0) is 70.0 Å². The van der Waals surface area contributed by atoms with Gasteiger partial charge in [-0.1, -0.05) is 11.6 Å². The normalized spacial score (nSPS) is 15.0. The van der Waals surface area contributed by atoms with Crippen molar-refractivity contribution in [3.8, 4) is 5.69 Å². The van der Waals surface area contributed by atoms with Crippen LogP contribution in [0.5, 0.6) is 0 Å². The van der Waals surface area contributed by atoms with Crippen molar-refractivity contribution < 1.29 is 4.79 Å². The molecule has 0 atom stereocenters. The lowest BCUT2D eigenvalue weighted by molar-refractivity contribution is 0.0686.